The highest BCUT2D eigenvalue weighted by Crippen LogP contribution is 2.48. The van der Waals surface area contributed by atoms with Crippen LogP contribution in [0.4, 0.5) is 0 Å². The van der Waals surface area contributed by atoms with Crippen molar-refractivity contribution in [1.29, 1.82) is 0 Å². The SMILES string of the molecule is C/C1=C\CC2C[C@@H](C[C@]3(O2)O[C@H](C)[C@@H](C)[C@H](OC(=O)C(C)CC(C)C)[C@H]3O)OC(=O)[C@@H]2C=C(COC(=O)c3ccc[nH]3)[C@@H](O)[C@H]3OC/C(=C\C=C\[C@H](C)C1)[C@]32O. The number of hydrogen-bond acceptors (Lipinski definition) is 12. The molecular weight excluding hydrogens is 722 g/mol. The zero-order valence-electron chi connectivity index (χ0n) is 33.5. The number of esters is 3. The Labute approximate surface area is 329 Å². The van der Waals surface area contributed by atoms with Crippen molar-refractivity contribution < 1.29 is 58.1 Å². The van der Waals surface area contributed by atoms with Gasteiger partial charge >= 0.3 is 17.9 Å². The van der Waals surface area contributed by atoms with Gasteiger partial charge in [-0.15, -0.1) is 0 Å². The van der Waals surface area contributed by atoms with Gasteiger partial charge in [0.1, 0.15) is 54.3 Å². The van der Waals surface area contributed by atoms with Gasteiger partial charge in [-0.3, -0.25) is 9.59 Å². The summed E-state index contributed by atoms with van der Waals surface area (Å²) in [5.74, 6) is -5.30. The molecule has 1 spiro atoms. The Kier molecular flexibility index (Phi) is 12.8. The number of H-pyrrole nitrogens is 1. The third-order valence-corrected chi connectivity index (χ3v) is 12.0. The lowest BCUT2D eigenvalue weighted by atomic mass is 9.70. The van der Waals surface area contributed by atoms with Crippen LogP contribution in [-0.4, -0.2) is 106 Å². The molecule has 5 heterocycles. The summed E-state index contributed by atoms with van der Waals surface area (Å²) in [5.41, 5.74) is -0.108. The number of allylic oxidation sites excluding steroid dienone is 4. The van der Waals surface area contributed by atoms with Crippen LogP contribution in [0.2, 0.25) is 0 Å². The number of fused-ring (bicyclic) bond motifs is 2. The molecule has 3 saturated heterocycles. The van der Waals surface area contributed by atoms with Crippen molar-refractivity contribution in [3.63, 3.8) is 0 Å². The predicted octanol–water partition coefficient (Wildman–Crippen LogP) is 4.87. The van der Waals surface area contributed by atoms with E-state index in [-0.39, 0.29) is 61.0 Å². The van der Waals surface area contributed by atoms with Crippen LogP contribution < -0.4 is 0 Å². The minimum atomic E-state index is -2.00. The van der Waals surface area contributed by atoms with Gasteiger partial charge in [0.2, 0.25) is 5.79 Å². The largest absolute Gasteiger partial charge is 0.462 e. The molecule has 6 rings (SSSR count). The van der Waals surface area contributed by atoms with Gasteiger partial charge in [-0.05, 0) is 68.2 Å². The molecule has 3 fully saturated rings. The maximum atomic E-state index is 14.5. The first-order valence-corrected chi connectivity index (χ1v) is 20.0. The topological polar surface area (TPSA) is 183 Å². The summed E-state index contributed by atoms with van der Waals surface area (Å²) in [6.07, 6.45) is 5.65. The molecule has 308 valence electrons. The van der Waals surface area contributed by atoms with Gasteiger partial charge in [0.25, 0.3) is 0 Å². The fraction of sp³-hybridized carbons (Fsp3) is 0.651. The van der Waals surface area contributed by atoms with Crippen molar-refractivity contribution in [2.24, 2.45) is 29.6 Å². The van der Waals surface area contributed by atoms with Gasteiger partial charge in [-0.1, -0.05) is 70.6 Å². The first-order chi connectivity index (χ1) is 26.5. The summed E-state index contributed by atoms with van der Waals surface area (Å²) >= 11 is 0. The molecule has 0 saturated carbocycles. The Hall–Kier alpha value is -3.59. The van der Waals surface area contributed by atoms with Crippen LogP contribution >= 0.6 is 0 Å². The molecule has 0 radical (unpaired) electrons. The van der Waals surface area contributed by atoms with Gasteiger partial charge < -0.3 is 48.7 Å². The third kappa shape index (κ3) is 8.63. The molecular formula is C43H59NO12. The van der Waals surface area contributed by atoms with Gasteiger partial charge in [-0.2, -0.15) is 0 Å². The standard InChI is InChI=1S/C43H59NO12/c1-23(2)16-26(5)39(47)54-36-27(6)28(7)55-42(37(36)46)20-32-19-31(56-42)14-13-25(4)17-24(3)10-8-11-30-22-51-38-35(45)29(18-33(40(48)53-32)43(30,38)50)21-52-41(49)34-12-9-15-44-34/h8-13,15,18,23-24,26-28,31-33,35-38,44-46,50H,14,16-17,19-22H2,1-7H3/b10-8+,25-13+,30-11+/t24-,26?,27+,28+,31?,32-,33-,35+,36-,37+,38+,42+,43+/m0/s1. The Morgan fingerprint density at radius 3 is 2.59 bits per heavy atom. The van der Waals surface area contributed by atoms with E-state index in [2.05, 4.69) is 18.0 Å². The van der Waals surface area contributed by atoms with Crippen LogP contribution in [0.5, 0.6) is 0 Å². The fourth-order valence-electron chi connectivity index (χ4n) is 8.88. The van der Waals surface area contributed by atoms with Crippen LogP contribution in [0.3, 0.4) is 0 Å². The van der Waals surface area contributed by atoms with Crippen molar-refractivity contribution in [1.82, 2.24) is 4.98 Å². The normalized spacial score (nSPS) is 40.6. The van der Waals surface area contributed by atoms with E-state index in [1.54, 1.807) is 24.4 Å². The summed E-state index contributed by atoms with van der Waals surface area (Å²) in [6, 6.07) is 3.20. The van der Waals surface area contributed by atoms with E-state index >= 15 is 0 Å². The predicted molar refractivity (Wildman–Crippen MR) is 204 cm³/mol. The zero-order chi connectivity index (χ0) is 40.5. The van der Waals surface area contributed by atoms with Crippen LogP contribution in [0, 0.1) is 29.6 Å². The Morgan fingerprint density at radius 2 is 1.88 bits per heavy atom. The molecule has 13 heteroatoms. The van der Waals surface area contributed by atoms with E-state index in [9.17, 15) is 29.7 Å². The number of aliphatic hydroxyl groups is 3. The molecule has 0 amide bonds. The first kappa shape index (κ1) is 42.0. The number of aromatic amines is 1. The summed E-state index contributed by atoms with van der Waals surface area (Å²) in [7, 11) is 0. The lowest BCUT2D eigenvalue weighted by molar-refractivity contribution is -0.383. The average molecular weight is 782 g/mol. The van der Waals surface area contributed by atoms with Crippen molar-refractivity contribution in [2.75, 3.05) is 13.2 Å². The van der Waals surface area contributed by atoms with E-state index < -0.39 is 77.9 Å². The molecule has 1 aromatic heterocycles. The van der Waals surface area contributed by atoms with Gasteiger partial charge in [0.05, 0.1) is 24.7 Å². The third-order valence-electron chi connectivity index (χ3n) is 12.0. The van der Waals surface area contributed by atoms with Crippen molar-refractivity contribution in [3.8, 4) is 0 Å². The second-order valence-electron chi connectivity index (χ2n) is 17.0. The highest BCUT2D eigenvalue weighted by Gasteiger charge is 2.62. The Bertz CT molecular complexity index is 1710. The maximum absolute atomic E-state index is 14.5. The number of carbonyl (C=O) groups is 3. The quantitative estimate of drug-likeness (QED) is 0.168. The zero-order valence-corrected chi connectivity index (χ0v) is 33.5. The van der Waals surface area contributed by atoms with E-state index in [0.29, 0.717) is 18.4 Å². The van der Waals surface area contributed by atoms with Gasteiger partial charge in [-0.25, -0.2) is 4.79 Å². The number of ether oxygens (including phenoxy) is 6. The minimum absolute atomic E-state index is 0.0580. The van der Waals surface area contributed by atoms with Crippen LogP contribution in [0.25, 0.3) is 0 Å². The van der Waals surface area contributed by atoms with Crippen LogP contribution in [0.1, 0.15) is 91.1 Å². The average Bonchev–Trinajstić information content (AvgIpc) is 3.80. The molecule has 56 heavy (non-hydrogen) atoms. The highest BCUT2D eigenvalue weighted by molar-refractivity contribution is 5.87. The number of aromatic nitrogens is 1. The van der Waals surface area contributed by atoms with E-state index in [0.717, 1.165) is 12.0 Å². The van der Waals surface area contributed by atoms with Gasteiger partial charge in [0.15, 0.2) is 0 Å². The highest BCUT2D eigenvalue weighted by atomic mass is 16.7. The molecule has 5 aliphatic rings. The van der Waals surface area contributed by atoms with E-state index in [1.807, 2.05) is 53.7 Å². The van der Waals surface area contributed by atoms with Crippen molar-refractivity contribution in [3.05, 3.63) is 71.1 Å². The molecule has 1 aliphatic carbocycles. The van der Waals surface area contributed by atoms with Gasteiger partial charge in [0, 0.05) is 25.0 Å². The smallest absolute Gasteiger partial charge is 0.355 e. The fourth-order valence-corrected chi connectivity index (χ4v) is 8.88. The number of hydrogen-bond donors (Lipinski definition) is 4. The van der Waals surface area contributed by atoms with E-state index in [1.165, 1.54) is 6.08 Å². The molecule has 13 nitrogen and oxygen atoms in total. The molecule has 4 N–H and O–H groups in total. The molecule has 0 aromatic carbocycles. The summed E-state index contributed by atoms with van der Waals surface area (Å²) < 4.78 is 37.0. The van der Waals surface area contributed by atoms with Crippen molar-refractivity contribution >= 4 is 17.9 Å². The number of rotatable bonds is 7. The monoisotopic (exact) mass is 781 g/mol. The molecule has 2 unspecified atom stereocenters. The van der Waals surface area contributed by atoms with Crippen molar-refractivity contribution in [2.45, 2.75) is 135 Å². The van der Waals surface area contributed by atoms with Crippen LogP contribution in [-0.2, 0) is 38.0 Å². The number of nitrogens with one attached hydrogen (secondary N) is 1. The summed E-state index contributed by atoms with van der Waals surface area (Å²) in [5, 5.41) is 36.1. The lowest BCUT2D eigenvalue weighted by Gasteiger charge is -2.53. The maximum Gasteiger partial charge on any atom is 0.355 e. The Morgan fingerprint density at radius 1 is 1.11 bits per heavy atom. The number of carbonyl (C=O) groups excluding carboxylic acids is 3. The summed E-state index contributed by atoms with van der Waals surface area (Å²) in [6.45, 7) is 13.3. The number of aliphatic hydroxyl groups excluding tert-OH is 2. The molecule has 1 aromatic rings. The Balaban J connectivity index is 1.35. The summed E-state index contributed by atoms with van der Waals surface area (Å²) in [4.78, 5) is 43.3. The van der Waals surface area contributed by atoms with E-state index in [4.69, 9.17) is 28.4 Å². The van der Waals surface area contributed by atoms with Crippen LogP contribution in [0.15, 0.2) is 65.4 Å². The first-order valence-electron chi connectivity index (χ1n) is 20.0. The lowest BCUT2D eigenvalue weighted by Crippen LogP contribution is -2.67. The second kappa shape index (κ2) is 17.1. The second-order valence-corrected chi connectivity index (χ2v) is 17.0. The minimum Gasteiger partial charge on any atom is -0.462 e. The molecule has 4 aliphatic heterocycles. The molecule has 2 bridgehead atoms. The molecule has 13 atom stereocenters.